The Balaban J connectivity index is 1.83. The van der Waals surface area contributed by atoms with Gasteiger partial charge in [0.15, 0.2) is 13.2 Å². The molecule has 168 valence electrons. The van der Waals surface area contributed by atoms with Gasteiger partial charge in [-0.15, -0.1) is 0 Å². The van der Waals surface area contributed by atoms with Crippen LogP contribution in [-0.4, -0.2) is 39.4 Å². The molecular weight excluding hydrogens is 420 g/mol. The van der Waals surface area contributed by atoms with Crippen molar-refractivity contribution in [2.45, 2.75) is 6.42 Å². The Morgan fingerprint density at radius 1 is 0.606 bits per heavy atom. The predicted molar refractivity (Wildman–Crippen MR) is 126 cm³/mol. The molecule has 4 aromatic carbocycles. The third-order valence-corrected chi connectivity index (χ3v) is 5.50. The molecule has 0 atom stereocenters. The van der Waals surface area contributed by atoms with Crippen molar-refractivity contribution in [2.75, 3.05) is 27.4 Å². The zero-order valence-electron chi connectivity index (χ0n) is 18.5. The molecule has 0 bridgehead atoms. The van der Waals surface area contributed by atoms with E-state index in [1.165, 1.54) is 14.2 Å². The van der Waals surface area contributed by atoms with Crippen LogP contribution in [0.15, 0.2) is 72.8 Å². The largest absolute Gasteiger partial charge is 0.482 e. The smallest absolute Gasteiger partial charge is 0.343 e. The average molecular weight is 444 g/mol. The van der Waals surface area contributed by atoms with Crippen molar-refractivity contribution in [3.05, 3.63) is 83.9 Å². The highest BCUT2D eigenvalue weighted by molar-refractivity contribution is 5.91. The molecule has 0 saturated heterocycles. The number of hydrogen-bond acceptors (Lipinski definition) is 6. The first-order valence-electron chi connectivity index (χ1n) is 10.5. The van der Waals surface area contributed by atoms with E-state index in [9.17, 15) is 9.59 Å². The van der Waals surface area contributed by atoms with Crippen molar-refractivity contribution in [3.63, 3.8) is 0 Å². The summed E-state index contributed by atoms with van der Waals surface area (Å²) in [6, 6.07) is 23.6. The van der Waals surface area contributed by atoms with E-state index in [0.717, 1.165) is 32.7 Å². The number of carbonyl (C=O) groups excluding carboxylic acids is 2. The Labute approximate surface area is 191 Å². The third kappa shape index (κ3) is 4.90. The summed E-state index contributed by atoms with van der Waals surface area (Å²) in [4.78, 5) is 23.4. The van der Waals surface area contributed by atoms with Crippen molar-refractivity contribution in [1.82, 2.24) is 0 Å². The van der Waals surface area contributed by atoms with Gasteiger partial charge in [0.1, 0.15) is 11.5 Å². The number of esters is 2. The van der Waals surface area contributed by atoms with E-state index >= 15 is 0 Å². The maximum atomic E-state index is 11.7. The summed E-state index contributed by atoms with van der Waals surface area (Å²) in [5.74, 6) is 0.264. The van der Waals surface area contributed by atoms with Crippen LogP contribution in [0.25, 0.3) is 21.5 Å². The topological polar surface area (TPSA) is 71.1 Å². The lowest BCUT2D eigenvalue weighted by molar-refractivity contribution is -0.143. The molecule has 0 aliphatic heterocycles. The van der Waals surface area contributed by atoms with E-state index in [-0.39, 0.29) is 13.2 Å². The van der Waals surface area contributed by atoms with Crippen LogP contribution in [0.2, 0.25) is 0 Å². The third-order valence-electron chi connectivity index (χ3n) is 5.50. The fraction of sp³-hybridized carbons (Fsp3) is 0.185. The van der Waals surface area contributed by atoms with Gasteiger partial charge in [0.2, 0.25) is 0 Å². The number of fused-ring (bicyclic) bond motifs is 2. The van der Waals surface area contributed by atoms with E-state index in [4.69, 9.17) is 18.9 Å². The van der Waals surface area contributed by atoms with E-state index < -0.39 is 11.9 Å². The fourth-order valence-electron chi connectivity index (χ4n) is 3.84. The number of carbonyl (C=O) groups is 2. The summed E-state index contributed by atoms with van der Waals surface area (Å²) in [5.41, 5.74) is 1.83. The maximum Gasteiger partial charge on any atom is 0.343 e. The highest BCUT2D eigenvalue weighted by atomic mass is 16.6. The lowest BCUT2D eigenvalue weighted by Crippen LogP contribution is -2.14. The summed E-state index contributed by atoms with van der Waals surface area (Å²) in [7, 11) is 2.65. The van der Waals surface area contributed by atoms with Gasteiger partial charge in [-0.05, 0) is 33.7 Å². The normalized spacial score (nSPS) is 10.7. The van der Waals surface area contributed by atoms with Crippen molar-refractivity contribution < 1.29 is 28.5 Å². The number of rotatable bonds is 8. The van der Waals surface area contributed by atoms with Gasteiger partial charge in [0.05, 0.1) is 14.2 Å². The number of ether oxygens (including phenoxy) is 4. The van der Waals surface area contributed by atoms with Gasteiger partial charge >= 0.3 is 11.9 Å². The molecule has 0 heterocycles. The highest BCUT2D eigenvalue weighted by Crippen LogP contribution is 2.36. The van der Waals surface area contributed by atoms with Crippen molar-refractivity contribution >= 4 is 33.5 Å². The van der Waals surface area contributed by atoms with Crippen molar-refractivity contribution in [2.24, 2.45) is 0 Å². The molecule has 33 heavy (non-hydrogen) atoms. The molecule has 6 nitrogen and oxygen atoms in total. The van der Waals surface area contributed by atoms with Crippen LogP contribution in [0.3, 0.4) is 0 Å². The molecule has 4 aromatic rings. The molecule has 0 saturated carbocycles. The quantitative estimate of drug-likeness (QED) is 0.367. The lowest BCUT2D eigenvalue weighted by atomic mass is 9.93. The van der Waals surface area contributed by atoms with Gasteiger partial charge in [-0.3, -0.25) is 0 Å². The van der Waals surface area contributed by atoms with Crippen molar-refractivity contribution in [3.8, 4) is 11.5 Å². The van der Waals surface area contributed by atoms with Crippen LogP contribution in [0, 0.1) is 0 Å². The zero-order valence-corrected chi connectivity index (χ0v) is 18.5. The van der Waals surface area contributed by atoms with Crippen molar-refractivity contribution in [1.29, 1.82) is 0 Å². The van der Waals surface area contributed by atoms with E-state index in [1.54, 1.807) is 0 Å². The Bertz CT molecular complexity index is 1210. The molecule has 4 rings (SSSR count). The molecule has 0 aromatic heterocycles. The molecule has 0 aliphatic carbocycles. The van der Waals surface area contributed by atoms with Crippen LogP contribution < -0.4 is 9.47 Å². The minimum absolute atomic E-state index is 0.191. The molecular formula is C27H24O6. The van der Waals surface area contributed by atoms with Crippen LogP contribution in [0.1, 0.15) is 11.1 Å². The van der Waals surface area contributed by atoms with E-state index in [0.29, 0.717) is 17.9 Å². The Hall–Kier alpha value is -4.06. The van der Waals surface area contributed by atoms with Gasteiger partial charge in [-0.2, -0.15) is 0 Å². The molecule has 0 N–H and O–H groups in total. The first-order chi connectivity index (χ1) is 16.1. The maximum absolute atomic E-state index is 11.7. The standard InChI is InChI=1S/C27H24O6/c1-30-26(28)16-32-24-13-11-18-7-3-5-9-20(18)22(24)15-23-21-10-6-4-8-19(21)12-14-25(23)33-17-27(29)31-2/h3-14H,15-17H2,1-2H3. The summed E-state index contributed by atoms with van der Waals surface area (Å²) < 4.78 is 21.2. The molecule has 0 fully saturated rings. The predicted octanol–water partition coefficient (Wildman–Crippen LogP) is 4.69. The molecule has 0 spiro atoms. The molecule has 0 aliphatic rings. The van der Waals surface area contributed by atoms with Crippen LogP contribution in [0.5, 0.6) is 11.5 Å². The minimum atomic E-state index is -0.457. The Kier molecular flexibility index (Phi) is 6.74. The number of hydrogen-bond donors (Lipinski definition) is 0. The molecule has 0 unspecified atom stereocenters. The van der Waals surface area contributed by atoms with Gasteiger partial charge < -0.3 is 18.9 Å². The second-order valence-electron chi connectivity index (χ2n) is 7.43. The minimum Gasteiger partial charge on any atom is -0.482 e. The van der Waals surface area contributed by atoms with Gasteiger partial charge in [-0.1, -0.05) is 60.7 Å². The number of methoxy groups -OCH3 is 2. The monoisotopic (exact) mass is 444 g/mol. The van der Waals surface area contributed by atoms with Crippen LogP contribution >= 0.6 is 0 Å². The average Bonchev–Trinajstić information content (AvgIpc) is 2.86. The van der Waals surface area contributed by atoms with Gasteiger partial charge in [0.25, 0.3) is 0 Å². The first kappa shape index (κ1) is 22.1. The van der Waals surface area contributed by atoms with E-state index in [2.05, 4.69) is 0 Å². The molecule has 0 amide bonds. The summed E-state index contributed by atoms with van der Waals surface area (Å²) in [6.07, 6.45) is 0.468. The fourth-order valence-corrected chi connectivity index (χ4v) is 3.84. The highest BCUT2D eigenvalue weighted by Gasteiger charge is 2.17. The second-order valence-corrected chi connectivity index (χ2v) is 7.43. The Morgan fingerprint density at radius 2 is 1.03 bits per heavy atom. The summed E-state index contributed by atoms with van der Waals surface area (Å²) in [6.45, 7) is -0.383. The SMILES string of the molecule is COC(=O)COc1ccc2ccccc2c1Cc1c(OCC(=O)OC)ccc2ccccc12. The second kappa shape index (κ2) is 10.0. The van der Waals surface area contributed by atoms with Crippen LogP contribution in [0.4, 0.5) is 0 Å². The summed E-state index contributed by atoms with van der Waals surface area (Å²) >= 11 is 0. The van der Waals surface area contributed by atoms with Crippen LogP contribution in [-0.2, 0) is 25.5 Å². The zero-order chi connectivity index (χ0) is 23.2. The van der Waals surface area contributed by atoms with E-state index in [1.807, 2.05) is 72.8 Å². The number of benzene rings is 4. The molecule has 0 radical (unpaired) electrons. The lowest BCUT2D eigenvalue weighted by Gasteiger charge is -2.18. The first-order valence-corrected chi connectivity index (χ1v) is 10.5. The van der Waals surface area contributed by atoms with Gasteiger partial charge in [-0.25, -0.2) is 9.59 Å². The molecule has 6 heteroatoms. The van der Waals surface area contributed by atoms with Gasteiger partial charge in [0, 0.05) is 17.5 Å². The summed E-state index contributed by atoms with van der Waals surface area (Å²) in [5, 5.41) is 4.11. The Morgan fingerprint density at radius 3 is 1.45 bits per heavy atom.